The van der Waals surface area contributed by atoms with E-state index in [9.17, 15) is 22.4 Å². The van der Waals surface area contributed by atoms with Crippen molar-refractivity contribution in [3.8, 4) is 0 Å². The Kier molecular flexibility index (Phi) is 5.51. The molecular weight excluding hydrogens is 383 g/mol. The SMILES string of the molecule is Cc1cc(F)cc(S(=O)(=O)NC(=O)C2CC(=O)N(C(C)c3ccccc3)C2)c1. The summed E-state index contributed by atoms with van der Waals surface area (Å²) in [6.07, 6.45) is -0.0687. The van der Waals surface area contributed by atoms with Crippen LogP contribution in [0.5, 0.6) is 0 Å². The predicted molar refractivity (Wildman–Crippen MR) is 101 cm³/mol. The molecule has 1 aliphatic heterocycles. The maximum Gasteiger partial charge on any atom is 0.264 e. The molecule has 0 saturated carbocycles. The van der Waals surface area contributed by atoms with Crippen molar-refractivity contribution in [3.05, 3.63) is 65.5 Å². The van der Waals surface area contributed by atoms with Crippen LogP contribution in [-0.4, -0.2) is 31.7 Å². The summed E-state index contributed by atoms with van der Waals surface area (Å²) in [6.45, 7) is 3.54. The number of benzene rings is 2. The Bertz CT molecular complexity index is 988. The van der Waals surface area contributed by atoms with Gasteiger partial charge in [0, 0.05) is 13.0 Å². The maximum atomic E-state index is 13.5. The summed E-state index contributed by atoms with van der Waals surface area (Å²) in [4.78, 5) is 26.1. The van der Waals surface area contributed by atoms with Gasteiger partial charge in [-0.2, -0.15) is 0 Å². The highest BCUT2D eigenvalue weighted by molar-refractivity contribution is 7.90. The van der Waals surface area contributed by atoms with Gasteiger partial charge in [0.25, 0.3) is 10.0 Å². The molecule has 2 aromatic rings. The van der Waals surface area contributed by atoms with Crippen LogP contribution in [0.2, 0.25) is 0 Å². The minimum absolute atomic E-state index is 0.0687. The molecule has 6 nitrogen and oxygen atoms in total. The lowest BCUT2D eigenvalue weighted by molar-refractivity contribution is -0.130. The van der Waals surface area contributed by atoms with E-state index in [1.54, 1.807) is 11.8 Å². The summed E-state index contributed by atoms with van der Waals surface area (Å²) >= 11 is 0. The second-order valence-corrected chi connectivity index (χ2v) is 8.65. The molecule has 1 saturated heterocycles. The zero-order chi connectivity index (χ0) is 20.5. The average molecular weight is 404 g/mol. The second kappa shape index (κ2) is 7.71. The normalized spacial score (nSPS) is 18.2. The molecule has 1 aliphatic rings. The maximum absolute atomic E-state index is 13.5. The number of nitrogens with one attached hydrogen (secondary N) is 1. The van der Waals surface area contributed by atoms with Crippen molar-refractivity contribution >= 4 is 21.8 Å². The van der Waals surface area contributed by atoms with Gasteiger partial charge in [0.05, 0.1) is 16.9 Å². The number of halogens is 1. The summed E-state index contributed by atoms with van der Waals surface area (Å²) in [5.74, 6) is -2.47. The van der Waals surface area contributed by atoms with Crippen molar-refractivity contribution in [1.82, 2.24) is 9.62 Å². The molecule has 2 atom stereocenters. The largest absolute Gasteiger partial charge is 0.335 e. The minimum Gasteiger partial charge on any atom is -0.335 e. The third-order valence-electron chi connectivity index (χ3n) is 4.84. The van der Waals surface area contributed by atoms with Crippen LogP contribution >= 0.6 is 0 Å². The first-order valence-corrected chi connectivity index (χ1v) is 10.3. The first-order valence-electron chi connectivity index (χ1n) is 8.85. The molecule has 28 heavy (non-hydrogen) atoms. The van der Waals surface area contributed by atoms with E-state index in [0.29, 0.717) is 5.56 Å². The van der Waals surface area contributed by atoms with Crippen molar-refractivity contribution in [3.63, 3.8) is 0 Å². The van der Waals surface area contributed by atoms with Gasteiger partial charge in [-0.3, -0.25) is 9.59 Å². The van der Waals surface area contributed by atoms with Gasteiger partial charge in [0.15, 0.2) is 0 Å². The molecular formula is C20H21FN2O4S. The number of hydrogen-bond donors (Lipinski definition) is 1. The van der Waals surface area contributed by atoms with E-state index >= 15 is 0 Å². The Balaban J connectivity index is 1.72. The van der Waals surface area contributed by atoms with Crippen molar-refractivity contribution in [2.45, 2.75) is 31.2 Å². The van der Waals surface area contributed by atoms with Crippen LogP contribution in [0.3, 0.4) is 0 Å². The van der Waals surface area contributed by atoms with E-state index in [0.717, 1.165) is 11.6 Å². The molecule has 1 heterocycles. The van der Waals surface area contributed by atoms with Crippen LogP contribution in [0.25, 0.3) is 0 Å². The van der Waals surface area contributed by atoms with E-state index in [-0.39, 0.29) is 29.8 Å². The lowest BCUT2D eigenvalue weighted by Gasteiger charge is -2.25. The quantitative estimate of drug-likeness (QED) is 0.830. The van der Waals surface area contributed by atoms with Gasteiger partial charge in [-0.25, -0.2) is 17.5 Å². The minimum atomic E-state index is -4.22. The highest BCUT2D eigenvalue weighted by Gasteiger charge is 2.38. The smallest absolute Gasteiger partial charge is 0.264 e. The van der Waals surface area contributed by atoms with Crippen molar-refractivity contribution < 1.29 is 22.4 Å². The molecule has 2 unspecified atom stereocenters. The molecule has 2 aromatic carbocycles. The lowest BCUT2D eigenvalue weighted by Crippen LogP contribution is -2.37. The predicted octanol–water partition coefficient (Wildman–Crippen LogP) is 2.55. The van der Waals surface area contributed by atoms with Gasteiger partial charge < -0.3 is 4.90 Å². The number of aryl methyl sites for hydroxylation is 1. The number of sulfonamides is 1. The molecule has 3 rings (SSSR count). The van der Waals surface area contributed by atoms with E-state index in [1.165, 1.54) is 12.1 Å². The fourth-order valence-electron chi connectivity index (χ4n) is 3.33. The van der Waals surface area contributed by atoms with Gasteiger partial charge in [-0.15, -0.1) is 0 Å². The molecule has 148 valence electrons. The zero-order valence-electron chi connectivity index (χ0n) is 15.6. The molecule has 1 N–H and O–H groups in total. The number of carbonyl (C=O) groups excluding carboxylic acids is 2. The molecule has 0 aromatic heterocycles. The summed E-state index contributed by atoms with van der Waals surface area (Å²) in [6, 6.07) is 12.5. The van der Waals surface area contributed by atoms with Gasteiger partial charge in [0.1, 0.15) is 5.82 Å². The third-order valence-corrected chi connectivity index (χ3v) is 6.17. The first kappa shape index (κ1) is 20.0. The fraction of sp³-hybridized carbons (Fsp3) is 0.300. The molecule has 0 radical (unpaired) electrons. The topological polar surface area (TPSA) is 83.5 Å². The molecule has 0 aliphatic carbocycles. The lowest BCUT2D eigenvalue weighted by atomic mass is 10.1. The Morgan fingerprint density at radius 3 is 2.54 bits per heavy atom. The number of carbonyl (C=O) groups is 2. The number of amides is 2. The monoisotopic (exact) mass is 404 g/mol. The number of rotatable bonds is 5. The van der Waals surface area contributed by atoms with Crippen LogP contribution in [0.15, 0.2) is 53.4 Å². The fourth-order valence-corrected chi connectivity index (χ4v) is 4.48. The van der Waals surface area contributed by atoms with Crippen LogP contribution in [0.1, 0.15) is 30.5 Å². The summed E-state index contributed by atoms with van der Waals surface area (Å²) < 4.78 is 40.3. The van der Waals surface area contributed by atoms with E-state index in [4.69, 9.17) is 0 Å². The highest BCUT2D eigenvalue weighted by Crippen LogP contribution is 2.28. The number of nitrogens with zero attached hydrogens (tertiary/aromatic N) is 1. The second-order valence-electron chi connectivity index (χ2n) is 6.97. The molecule has 8 heteroatoms. The molecule has 1 fully saturated rings. The van der Waals surface area contributed by atoms with E-state index in [2.05, 4.69) is 0 Å². The summed E-state index contributed by atoms with van der Waals surface area (Å²) in [5.41, 5.74) is 1.35. The molecule has 0 bridgehead atoms. The van der Waals surface area contributed by atoms with Crippen LogP contribution in [-0.2, 0) is 19.6 Å². The summed E-state index contributed by atoms with van der Waals surface area (Å²) in [5, 5.41) is 0. The van der Waals surface area contributed by atoms with Gasteiger partial charge in [-0.05, 0) is 43.2 Å². The molecule has 0 spiro atoms. The van der Waals surface area contributed by atoms with Crippen LogP contribution in [0.4, 0.5) is 4.39 Å². The molecule has 2 amide bonds. The van der Waals surface area contributed by atoms with E-state index in [1.807, 2.05) is 42.0 Å². The Morgan fingerprint density at radius 1 is 1.21 bits per heavy atom. The van der Waals surface area contributed by atoms with Crippen LogP contribution in [0, 0.1) is 18.7 Å². The zero-order valence-corrected chi connectivity index (χ0v) is 16.4. The standard InChI is InChI=1S/C20H21FN2O4S/c1-13-8-17(21)11-18(9-13)28(26,27)22-20(25)16-10-19(24)23(12-16)14(2)15-6-4-3-5-7-15/h3-9,11,14,16H,10,12H2,1-2H3,(H,22,25). The van der Waals surface area contributed by atoms with E-state index < -0.39 is 27.7 Å². The van der Waals surface area contributed by atoms with Crippen LogP contribution < -0.4 is 4.72 Å². The Morgan fingerprint density at radius 2 is 1.89 bits per heavy atom. The highest BCUT2D eigenvalue weighted by atomic mass is 32.2. The number of likely N-dealkylation sites (tertiary alicyclic amines) is 1. The van der Waals surface area contributed by atoms with Crippen molar-refractivity contribution in [1.29, 1.82) is 0 Å². The number of hydrogen-bond acceptors (Lipinski definition) is 4. The summed E-state index contributed by atoms with van der Waals surface area (Å²) in [7, 11) is -4.22. The van der Waals surface area contributed by atoms with Gasteiger partial charge >= 0.3 is 0 Å². The Labute approximate surface area is 163 Å². The average Bonchev–Trinajstić information content (AvgIpc) is 3.02. The van der Waals surface area contributed by atoms with Crippen molar-refractivity contribution in [2.75, 3.05) is 6.54 Å². The van der Waals surface area contributed by atoms with Gasteiger partial charge in [0.2, 0.25) is 11.8 Å². The third kappa shape index (κ3) is 4.22. The Hall–Kier alpha value is -2.74. The van der Waals surface area contributed by atoms with Gasteiger partial charge in [-0.1, -0.05) is 30.3 Å². The van der Waals surface area contributed by atoms with Crippen molar-refractivity contribution in [2.24, 2.45) is 5.92 Å². The first-order chi connectivity index (χ1) is 13.2.